The minimum atomic E-state index is -0.778. The van der Waals surface area contributed by atoms with Crippen molar-refractivity contribution in [1.82, 2.24) is 15.1 Å². The van der Waals surface area contributed by atoms with E-state index in [4.69, 9.17) is 19.9 Å². The lowest BCUT2D eigenvalue weighted by Gasteiger charge is -2.62. The first-order valence-electron chi connectivity index (χ1n) is 23.5. The van der Waals surface area contributed by atoms with Gasteiger partial charge in [-0.1, -0.05) is 65.8 Å². The standard InChI is InChI=1S/C25H37IN2O4.C15H18INO4.C10H19N/c1-13-17-9-16(25(17,3)4)10-19(13)27-24(31)22-21(14(2)29)20(30)12-28(22)11-15-7-6-8-18(26)23(15)32-5;1-8-12-11(18)7-17(13(12)15(19)21-8)6-9-4-3-5-10(16)14(9)20-2;1-6-8-4-7(5-9(6)11)10(8,2)3/h6-8,13-14,16-17,19-22,29-30H,9-12H2,1-5H3,(H,27,31);3-5,8,11-13,18H,6-7H2,1-2H3;6-9H,4-5,11H2,1-3H3/t13-,14-,16+,17-,19-,20-,21+,22-;8-,11-,12+,13-;6-,7+,8-,9-/m000/s1. The fourth-order valence-electron chi connectivity index (χ4n) is 13.4. The Kier molecular flexibility index (Phi) is 15.4. The van der Waals surface area contributed by atoms with E-state index in [0.29, 0.717) is 60.8 Å². The molecule has 11 rings (SSSR count). The van der Waals surface area contributed by atoms with Gasteiger partial charge in [-0.2, -0.15) is 0 Å². The molecule has 2 aromatic rings. The van der Waals surface area contributed by atoms with Crippen molar-refractivity contribution in [1.29, 1.82) is 0 Å². The molecule has 0 aromatic heterocycles. The molecular weight excluding hydrogens is 1040 g/mol. The van der Waals surface area contributed by atoms with Crippen molar-refractivity contribution in [2.24, 2.45) is 63.9 Å². The van der Waals surface area contributed by atoms with Crippen LogP contribution in [0.2, 0.25) is 0 Å². The van der Waals surface area contributed by atoms with Crippen LogP contribution in [-0.4, -0.2) is 113 Å². The zero-order valence-corrected chi connectivity index (χ0v) is 43.8. The predicted molar refractivity (Wildman–Crippen MR) is 264 cm³/mol. The van der Waals surface area contributed by atoms with E-state index in [9.17, 15) is 24.9 Å². The highest BCUT2D eigenvalue weighted by Gasteiger charge is 2.58. The average molecular weight is 1110 g/mol. The number of amides is 1. The van der Waals surface area contributed by atoms with Crippen LogP contribution in [0.3, 0.4) is 0 Å². The first-order chi connectivity index (χ1) is 30.1. The van der Waals surface area contributed by atoms with Crippen LogP contribution in [0.4, 0.5) is 0 Å². The van der Waals surface area contributed by atoms with E-state index in [-0.39, 0.29) is 36.0 Å². The zero-order chi connectivity index (χ0) is 46.7. The Morgan fingerprint density at radius 1 is 0.844 bits per heavy atom. The fourth-order valence-corrected chi connectivity index (χ4v) is 14.9. The van der Waals surface area contributed by atoms with Gasteiger partial charge in [-0.05, 0) is 143 Å². The van der Waals surface area contributed by atoms with Gasteiger partial charge in [0.2, 0.25) is 5.91 Å². The summed E-state index contributed by atoms with van der Waals surface area (Å²) in [4.78, 5) is 29.6. The van der Waals surface area contributed by atoms with Crippen molar-refractivity contribution in [2.45, 2.75) is 143 Å². The lowest BCUT2D eigenvalue weighted by molar-refractivity contribution is -0.145. The Hall–Kier alpha value is -1.80. The first kappa shape index (κ1) is 50.1. The number of nitrogens with two attached hydrogens (primary N) is 1. The van der Waals surface area contributed by atoms with Crippen molar-refractivity contribution >= 4 is 57.1 Å². The van der Waals surface area contributed by atoms with Crippen LogP contribution >= 0.6 is 45.2 Å². The molecule has 6 aliphatic carbocycles. The molecule has 9 aliphatic rings. The molecule has 9 fully saturated rings. The number of halogens is 2. The second-order valence-corrected chi connectivity index (χ2v) is 23.8. The number of esters is 1. The summed E-state index contributed by atoms with van der Waals surface area (Å²) in [6.45, 7) is 19.5. The van der Waals surface area contributed by atoms with E-state index in [0.717, 1.165) is 53.9 Å². The number of hydrogen-bond donors (Lipinski definition) is 5. The number of para-hydroxylation sites is 2. The molecule has 0 unspecified atom stereocenters. The summed E-state index contributed by atoms with van der Waals surface area (Å²) in [6.07, 6.45) is 2.71. The third-order valence-corrected chi connectivity index (χ3v) is 19.2. The van der Waals surface area contributed by atoms with E-state index in [1.54, 1.807) is 21.1 Å². The van der Waals surface area contributed by atoms with Crippen LogP contribution in [0.1, 0.15) is 92.2 Å². The van der Waals surface area contributed by atoms with Gasteiger partial charge in [-0.25, -0.2) is 0 Å². The Balaban J connectivity index is 0.000000162. The molecule has 3 saturated heterocycles. The summed E-state index contributed by atoms with van der Waals surface area (Å²) in [6, 6.07) is 11.6. The number of fused-ring (bicyclic) bond motifs is 5. The summed E-state index contributed by atoms with van der Waals surface area (Å²) < 4.78 is 18.4. The number of carbonyl (C=O) groups excluding carboxylic acids is 2. The summed E-state index contributed by atoms with van der Waals surface area (Å²) in [5.41, 5.74) is 8.98. The molecule has 12 nitrogen and oxygen atoms in total. The molecule has 14 heteroatoms. The Labute approximate surface area is 408 Å². The number of nitrogens with zero attached hydrogens (tertiary/aromatic N) is 2. The van der Waals surface area contributed by atoms with Gasteiger partial charge >= 0.3 is 5.97 Å². The van der Waals surface area contributed by atoms with E-state index < -0.39 is 30.3 Å². The van der Waals surface area contributed by atoms with E-state index in [1.807, 2.05) is 53.1 Å². The van der Waals surface area contributed by atoms with Gasteiger partial charge in [0.1, 0.15) is 23.6 Å². The third-order valence-electron chi connectivity index (χ3n) is 17.5. The highest BCUT2D eigenvalue weighted by Crippen LogP contribution is 2.62. The van der Waals surface area contributed by atoms with Crippen LogP contribution < -0.4 is 20.5 Å². The molecule has 64 heavy (non-hydrogen) atoms. The minimum absolute atomic E-state index is 0.0759. The van der Waals surface area contributed by atoms with E-state index in [2.05, 4.69) is 92.0 Å². The topological polar surface area (TPSA) is 167 Å². The number of methoxy groups -OCH3 is 2. The monoisotopic (exact) mass is 1110 g/mol. The fraction of sp³-hybridized carbons (Fsp3) is 0.720. The highest BCUT2D eigenvalue weighted by atomic mass is 127. The largest absolute Gasteiger partial charge is 0.495 e. The highest BCUT2D eigenvalue weighted by molar-refractivity contribution is 14.1. The van der Waals surface area contributed by atoms with Gasteiger partial charge in [0.15, 0.2) is 0 Å². The smallest absolute Gasteiger partial charge is 0.324 e. The molecule has 6 saturated carbocycles. The van der Waals surface area contributed by atoms with Gasteiger partial charge < -0.3 is 40.6 Å². The van der Waals surface area contributed by atoms with Gasteiger partial charge in [0.25, 0.3) is 0 Å². The summed E-state index contributed by atoms with van der Waals surface area (Å²) in [5, 5.41) is 34.8. The number of rotatable bonds is 9. The number of benzene rings is 2. The molecule has 0 spiro atoms. The van der Waals surface area contributed by atoms with E-state index >= 15 is 0 Å². The van der Waals surface area contributed by atoms with Crippen LogP contribution in [-0.2, 0) is 27.4 Å². The number of nitrogens with one attached hydrogen (secondary N) is 1. The van der Waals surface area contributed by atoms with Crippen LogP contribution in [0.5, 0.6) is 11.5 Å². The van der Waals surface area contributed by atoms with Crippen molar-refractivity contribution in [3.63, 3.8) is 0 Å². The number of aliphatic hydroxyl groups is 3. The quantitative estimate of drug-likeness (QED) is 0.138. The molecule has 356 valence electrons. The molecule has 3 heterocycles. The second kappa shape index (κ2) is 19.7. The number of cyclic esters (lactones) is 1. The summed E-state index contributed by atoms with van der Waals surface area (Å²) >= 11 is 4.48. The van der Waals surface area contributed by atoms with Gasteiger partial charge in [-0.3, -0.25) is 19.4 Å². The lowest BCUT2D eigenvalue weighted by Crippen LogP contribution is -2.62. The van der Waals surface area contributed by atoms with Gasteiger partial charge in [-0.15, -0.1) is 0 Å². The first-order valence-corrected chi connectivity index (χ1v) is 25.7. The number of likely N-dealkylation sites (tertiary alicyclic amines) is 2. The molecule has 1 amide bonds. The van der Waals surface area contributed by atoms with Crippen molar-refractivity contribution < 1.29 is 39.1 Å². The molecular formula is C50H74I2N4O8. The van der Waals surface area contributed by atoms with Crippen molar-refractivity contribution in [3.8, 4) is 11.5 Å². The predicted octanol–water partition coefficient (Wildman–Crippen LogP) is 6.45. The van der Waals surface area contributed by atoms with Crippen LogP contribution in [0.25, 0.3) is 0 Å². The molecule has 3 aliphatic heterocycles. The SMILES string of the molecule is COc1c(I)cccc1CN1C[C@H](O)[C@@H]([C@H](C)O)[C@H]1C(=O)N[C@H]1C[C@H]2C[C@@H]([C@@H]1C)C2(C)C.COc1c(I)cccc1CN1C[C@H](O)[C@H]2[C@H](C)OC(=O)[C@H]21.C[C@@H]1[C@@H](N)C[C@H]2C[C@@H]1C2(C)C. The molecule has 4 bridgehead atoms. The van der Waals surface area contributed by atoms with Crippen LogP contribution in [0, 0.1) is 65.3 Å². The normalized spacial score (nSPS) is 38.2. The maximum atomic E-state index is 13.6. The van der Waals surface area contributed by atoms with E-state index in [1.165, 1.54) is 19.3 Å². The van der Waals surface area contributed by atoms with Crippen molar-refractivity contribution in [3.05, 3.63) is 54.7 Å². The summed E-state index contributed by atoms with van der Waals surface area (Å²) in [5.74, 6) is 4.99. The number of ether oxygens (including phenoxy) is 3. The number of aliphatic hydroxyl groups excluding tert-OH is 3. The molecule has 0 radical (unpaired) electrons. The zero-order valence-electron chi connectivity index (χ0n) is 39.5. The number of hydrogen-bond acceptors (Lipinski definition) is 11. The average Bonchev–Trinajstić information content (AvgIpc) is 3.85. The summed E-state index contributed by atoms with van der Waals surface area (Å²) in [7, 11) is 3.30. The second-order valence-electron chi connectivity index (χ2n) is 21.5. The molecule has 2 aromatic carbocycles. The minimum Gasteiger partial charge on any atom is -0.495 e. The molecule has 16 atom stereocenters. The van der Waals surface area contributed by atoms with Gasteiger partial charge in [0.05, 0.1) is 45.7 Å². The third kappa shape index (κ3) is 9.35. The maximum absolute atomic E-state index is 13.6. The van der Waals surface area contributed by atoms with Crippen LogP contribution in [0.15, 0.2) is 36.4 Å². The Morgan fingerprint density at radius 2 is 1.36 bits per heavy atom. The van der Waals surface area contributed by atoms with Gasteiger partial charge in [0, 0.05) is 61.2 Å². The van der Waals surface area contributed by atoms with Crippen molar-refractivity contribution in [2.75, 3.05) is 27.3 Å². The Morgan fingerprint density at radius 3 is 1.84 bits per heavy atom. The lowest BCUT2D eigenvalue weighted by atomic mass is 9.45. The maximum Gasteiger partial charge on any atom is 0.324 e. The number of β-amino-alcohol motifs (C(OH)–C–C–N with tert-alkyl or cyclic N) is 2. The number of carbonyl (C=O) groups is 2. The Bertz CT molecular complexity index is 2000. The molecule has 6 N–H and O–H groups in total.